The third-order valence-electron chi connectivity index (χ3n) is 1.15. The lowest BCUT2D eigenvalue weighted by atomic mass is 10.1. The number of rotatable bonds is 3. The summed E-state index contributed by atoms with van der Waals surface area (Å²) in [4.78, 5) is 0. The van der Waals surface area contributed by atoms with E-state index in [-0.39, 0.29) is 0 Å². The Morgan fingerprint density at radius 1 is 1.40 bits per heavy atom. The van der Waals surface area contributed by atoms with Gasteiger partial charge in [0.2, 0.25) is 0 Å². The second-order valence-corrected chi connectivity index (χ2v) is 2.72. The standard InChI is InChI=1S/C10H16/c1-5-6-7-10(4)8-9(2)3/h5-8,10H,1H2,2-4H3/b7-6-. The Morgan fingerprint density at radius 3 is 2.40 bits per heavy atom. The molecule has 0 nitrogen and oxygen atoms in total. The largest absolute Gasteiger partial charge is 0.0991 e. The molecule has 0 aliphatic rings. The van der Waals surface area contributed by atoms with E-state index in [1.54, 1.807) is 6.08 Å². The van der Waals surface area contributed by atoms with Crippen LogP contribution in [0.25, 0.3) is 0 Å². The smallest absolute Gasteiger partial charge is 0.00763 e. The van der Waals surface area contributed by atoms with Crippen LogP contribution in [0, 0.1) is 5.92 Å². The second kappa shape index (κ2) is 5.04. The monoisotopic (exact) mass is 136 g/mol. The molecule has 10 heavy (non-hydrogen) atoms. The summed E-state index contributed by atoms with van der Waals surface area (Å²) in [5, 5.41) is 0. The zero-order chi connectivity index (χ0) is 7.98. The molecule has 56 valence electrons. The molecule has 0 radical (unpaired) electrons. The maximum atomic E-state index is 3.60. The lowest BCUT2D eigenvalue weighted by Crippen LogP contribution is -1.82. The van der Waals surface area contributed by atoms with Gasteiger partial charge in [-0.05, 0) is 19.8 Å². The topological polar surface area (TPSA) is 0 Å². The molecule has 0 saturated carbocycles. The summed E-state index contributed by atoms with van der Waals surface area (Å²) in [7, 11) is 0. The van der Waals surface area contributed by atoms with Gasteiger partial charge >= 0.3 is 0 Å². The highest BCUT2D eigenvalue weighted by molar-refractivity contribution is 5.07. The van der Waals surface area contributed by atoms with E-state index >= 15 is 0 Å². The van der Waals surface area contributed by atoms with Gasteiger partial charge in [-0.15, -0.1) is 0 Å². The van der Waals surface area contributed by atoms with E-state index < -0.39 is 0 Å². The van der Waals surface area contributed by atoms with Crippen molar-refractivity contribution in [2.45, 2.75) is 20.8 Å². The van der Waals surface area contributed by atoms with Gasteiger partial charge in [0.1, 0.15) is 0 Å². The minimum Gasteiger partial charge on any atom is -0.0991 e. The van der Waals surface area contributed by atoms with E-state index in [4.69, 9.17) is 0 Å². The van der Waals surface area contributed by atoms with Gasteiger partial charge in [0.25, 0.3) is 0 Å². The first kappa shape index (κ1) is 9.22. The van der Waals surface area contributed by atoms with Gasteiger partial charge in [0.05, 0.1) is 0 Å². The van der Waals surface area contributed by atoms with Gasteiger partial charge in [-0.2, -0.15) is 0 Å². The SMILES string of the molecule is C=C/C=C\C(C)C=C(C)C. The molecule has 0 rings (SSSR count). The third-order valence-corrected chi connectivity index (χ3v) is 1.15. The Kier molecular flexibility index (Phi) is 4.65. The summed E-state index contributed by atoms with van der Waals surface area (Å²) in [6.07, 6.45) is 8.12. The average Bonchev–Trinajstić information content (AvgIpc) is 1.82. The van der Waals surface area contributed by atoms with Crippen LogP contribution in [0.2, 0.25) is 0 Å². The molecule has 0 heteroatoms. The van der Waals surface area contributed by atoms with Crippen molar-refractivity contribution < 1.29 is 0 Å². The predicted octanol–water partition coefficient (Wildman–Crippen LogP) is 3.33. The number of hydrogen-bond acceptors (Lipinski definition) is 0. The highest BCUT2D eigenvalue weighted by Gasteiger charge is 1.87. The van der Waals surface area contributed by atoms with Crippen molar-refractivity contribution in [1.29, 1.82) is 0 Å². The zero-order valence-electron chi connectivity index (χ0n) is 7.09. The fourth-order valence-electron chi connectivity index (χ4n) is 0.835. The Balaban J connectivity index is 3.85. The molecule has 0 aromatic carbocycles. The molecule has 0 saturated heterocycles. The Morgan fingerprint density at radius 2 is 2.00 bits per heavy atom. The van der Waals surface area contributed by atoms with Crippen LogP contribution in [-0.4, -0.2) is 0 Å². The highest BCUT2D eigenvalue weighted by Crippen LogP contribution is 2.03. The van der Waals surface area contributed by atoms with Crippen molar-refractivity contribution >= 4 is 0 Å². The van der Waals surface area contributed by atoms with Gasteiger partial charge in [-0.1, -0.05) is 43.4 Å². The molecule has 0 aliphatic heterocycles. The molecule has 0 aliphatic carbocycles. The molecule has 1 unspecified atom stereocenters. The van der Waals surface area contributed by atoms with E-state index in [0.717, 1.165) is 0 Å². The summed E-state index contributed by atoms with van der Waals surface area (Å²) in [5.41, 5.74) is 1.36. The van der Waals surface area contributed by atoms with Crippen molar-refractivity contribution in [2.24, 2.45) is 5.92 Å². The molecule has 1 atom stereocenters. The van der Waals surface area contributed by atoms with E-state index in [2.05, 4.69) is 39.5 Å². The van der Waals surface area contributed by atoms with E-state index in [1.165, 1.54) is 5.57 Å². The Hall–Kier alpha value is -0.780. The minimum absolute atomic E-state index is 0.531. The first-order chi connectivity index (χ1) is 4.66. The van der Waals surface area contributed by atoms with Gasteiger partial charge in [0, 0.05) is 0 Å². The minimum atomic E-state index is 0.531. The van der Waals surface area contributed by atoms with Crippen LogP contribution in [-0.2, 0) is 0 Å². The predicted molar refractivity (Wildman–Crippen MR) is 47.9 cm³/mol. The molecular formula is C10H16. The molecule has 0 spiro atoms. The summed E-state index contributed by atoms with van der Waals surface area (Å²) in [6, 6.07) is 0. The van der Waals surface area contributed by atoms with Crippen molar-refractivity contribution in [2.75, 3.05) is 0 Å². The van der Waals surface area contributed by atoms with Crippen molar-refractivity contribution in [3.05, 3.63) is 36.5 Å². The normalized spacial score (nSPS) is 13.1. The van der Waals surface area contributed by atoms with Crippen LogP contribution in [0.3, 0.4) is 0 Å². The van der Waals surface area contributed by atoms with Crippen molar-refractivity contribution in [3.63, 3.8) is 0 Å². The molecule has 0 bridgehead atoms. The Bertz CT molecular complexity index is 145. The third kappa shape index (κ3) is 5.36. The van der Waals surface area contributed by atoms with E-state index in [1.807, 2.05) is 6.08 Å². The van der Waals surface area contributed by atoms with E-state index in [9.17, 15) is 0 Å². The summed E-state index contributed by atoms with van der Waals surface area (Å²) in [6.45, 7) is 9.98. The quantitative estimate of drug-likeness (QED) is 0.412. The van der Waals surface area contributed by atoms with Gasteiger partial charge in [-0.3, -0.25) is 0 Å². The fourth-order valence-corrected chi connectivity index (χ4v) is 0.835. The molecule has 0 aromatic rings. The second-order valence-electron chi connectivity index (χ2n) is 2.72. The molecule has 0 heterocycles. The molecule has 0 aromatic heterocycles. The number of allylic oxidation sites excluding steroid dienone is 5. The lowest BCUT2D eigenvalue weighted by Gasteiger charge is -1.97. The van der Waals surface area contributed by atoms with Gasteiger partial charge in [-0.25, -0.2) is 0 Å². The average molecular weight is 136 g/mol. The summed E-state index contributed by atoms with van der Waals surface area (Å²) < 4.78 is 0. The van der Waals surface area contributed by atoms with Crippen LogP contribution in [0.4, 0.5) is 0 Å². The van der Waals surface area contributed by atoms with Crippen LogP contribution < -0.4 is 0 Å². The first-order valence-electron chi connectivity index (χ1n) is 3.61. The summed E-state index contributed by atoms with van der Waals surface area (Å²) in [5.74, 6) is 0.531. The zero-order valence-corrected chi connectivity index (χ0v) is 7.09. The summed E-state index contributed by atoms with van der Waals surface area (Å²) >= 11 is 0. The Labute approximate surface area is 64.0 Å². The molecule has 0 fully saturated rings. The van der Waals surface area contributed by atoms with Gasteiger partial charge < -0.3 is 0 Å². The lowest BCUT2D eigenvalue weighted by molar-refractivity contribution is 0.925. The van der Waals surface area contributed by atoms with Crippen LogP contribution >= 0.6 is 0 Å². The maximum absolute atomic E-state index is 3.60. The fraction of sp³-hybridized carbons (Fsp3) is 0.400. The molecule has 0 amide bonds. The highest BCUT2D eigenvalue weighted by atomic mass is 13.9. The molecular weight excluding hydrogens is 120 g/mol. The van der Waals surface area contributed by atoms with Crippen LogP contribution in [0.5, 0.6) is 0 Å². The van der Waals surface area contributed by atoms with Gasteiger partial charge in [0.15, 0.2) is 0 Å². The van der Waals surface area contributed by atoms with Crippen molar-refractivity contribution in [3.8, 4) is 0 Å². The first-order valence-corrected chi connectivity index (χ1v) is 3.61. The van der Waals surface area contributed by atoms with Crippen LogP contribution in [0.1, 0.15) is 20.8 Å². The van der Waals surface area contributed by atoms with E-state index in [0.29, 0.717) is 5.92 Å². The molecule has 0 N–H and O–H groups in total. The number of hydrogen-bond donors (Lipinski definition) is 0. The van der Waals surface area contributed by atoms with Crippen LogP contribution in [0.15, 0.2) is 36.5 Å². The maximum Gasteiger partial charge on any atom is -0.00763 e. The van der Waals surface area contributed by atoms with Crippen molar-refractivity contribution in [1.82, 2.24) is 0 Å².